The van der Waals surface area contributed by atoms with Gasteiger partial charge < -0.3 is 20.8 Å². The van der Waals surface area contributed by atoms with Crippen LogP contribution >= 0.6 is 11.6 Å². The highest BCUT2D eigenvalue weighted by molar-refractivity contribution is 6.33. The van der Waals surface area contributed by atoms with Crippen LogP contribution in [0.15, 0.2) is 30.6 Å². The van der Waals surface area contributed by atoms with E-state index in [4.69, 9.17) is 16.7 Å². The summed E-state index contributed by atoms with van der Waals surface area (Å²) < 4.78 is 13.4. The number of anilines is 1. The number of halogens is 2. The van der Waals surface area contributed by atoms with Crippen LogP contribution < -0.4 is 10.6 Å². The molecule has 3 rings (SSSR count). The van der Waals surface area contributed by atoms with E-state index in [9.17, 15) is 19.1 Å². The highest BCUT2D eigenvalue weighted by Crippen LogP contribution is 2.38. The van der Waals surface area contributed by atoms with Crippen LogP contribution in [-0.2, 0) is 22.6 Å². The normalized spacial score (nSPS) is 17.1. The number of carbonyl (C=O) groups is 2. The number of fused-ring (bicyclic) bond motifs is 1. The Hall–Kier alpha value is -2.71. The van der Waals surface area contributed by atoms with Gasteiger partial charge in [-0.15, -0.1) is 0 Å². The number of aliphatic carboxylic acids is 2. The quantitative estimate of drug-likeness (QED) is 0.543. The molecule has 0 radical (unpaired) electrons. The number of rotatable bonds is 7. The number of nitrogens with one attached hydrogen (secondary N) is 2. The lowest BCUT2D eigenvalue weighted by Gasteiger charge is -2.25. The average molecular weight is 422 g/mol. The van der Waals surface area contributed by atoms with Crippen molar-refractivity contribution in [3.05, 3.63) is 58.1 Å². The summed E-state index contributed by atoms with van der Waals surface area (Å²) in [6.07, 6.45) is 2.79. The Morgan fingerprint density at radius 3 is 2.83 bits per heavy atom. The van der Waals surface area contributed by atoms with E-state index in [1.54, 1.807) is 18.3 Å². The summed E-state index contributed by atoms with van der Waals surface area (Å²) in [4.78, 5) is 26.8. The fourth-order valence-corrected chi connectivity index (χ4v) is 3.96. The molecule has 1 aromatic carbocycles. The van der Waals surface area contributed by atoms with Gasteiger partial charge in [0.05, 0.1) is 29.2 Å². The fraction of sp³-hybridized carbons (Fsp3) is 0.350. The van der Waals surface area contributed by atoms with Crippen LogP contribution in [0.3, 0.4) is 0 Å². The van der Waals surface area contributed by atoms with E-state index in [-0.39, 0.29) is 6.54 Å². The molecule has 0 fully saturated rings. The highest BCUT2D eigenvalue weighted by Gasteiger charge is 2.34. The number of carboxylic acids is 2. The van der Waals surface area contributed by atoms with E-state index in [0.29, 0.717) is 35.8 Å². The zero-order valence-corrected chi connectivity index (χ0v) is 16.2. The number of nitrogens with zero attached hydrogens (tertiary/aromatic N) is 1. The van der Waals surface area contributed by atoms with Crippen molar-refractivity contribution in [1.82, 2.24) is 10.3 Å². The van der Waals surface area contributed by atoms with Gasteiger partial charge in [-0.3, -0.25) is 14.6 Å². The van der Waals surface area contributed by atoms with Crippen molar-refractivity contribution < 1.29 is 24.2 Å². The zero-order valence-electron chi connectivity index (χ0n) is 15.5. The maximum Gasteiger partial charge on any atom is 0.307 e. The van der Waals surface area contributed by atoms with Crippen molar-refractivity contribution in [2.75, 3.05) is 18.4 Å². The SMILES string of the molecule is O=C(O)CC(C(=O)O)C1CNCCc2c1ccc(Cl)c2NCc1cncc(F)c1. The monoisotopic (exact) mass is 421 g/mol. The lowest BCUT2D eigenvalue weighted by atomic mass is 9.81. The van der Waals surface area contributed by atoms with Gasteiger partial charge >= 0.3 is 11.9 Å². The van der Waals surface area contributed by atoms with Gasteiger partial charge in [0, 0.05) is 25.2 Å². The first-order chi connectivity index (χ1) is 13.9. The molecule has 0 aliphatic carbocycles. The molecule has 29 heavy (non-hydrogen) atoms. The van der Waals surface area contributed by atoms with Gasteiger partial charge in [-0.25, -0.2) is 4.39 Å². The lowest BCUT2D eigenvalue weighted by Crippen LogP contribution is -2.31. The van der Waals surface area contributed by atoms with Crippen molar-refractivity contribution in [3.63, 3.8) is 0 Å². The van der Waals surface area contributed by atoms with Crippen LogP contribution in [0, 0.1) is 11.7 Å². The first kappa shape index (κ1) is 21.0. The number of hydrogen-bond acceptors (Lipinski definition) is 5. The summed E-state index contributed by atoms with van der Waals surface area (Å²) in [5, 5.41) is 25.6. The molecule has 7 nitrogen and oxygen atoms in total. The van der Waals surface area contributed by atoms with E-state index in [0.717, 1.165) is 17.3 Å². The number of hydrogen-bond donors (Lipinski definition) is 4. The summed E-state index contributed by atoms with van der Waals surface area (Å²) in [5.41, 5.74) is 2.87. The molecule has 1 aliphatic heterocycles. The molecule has 2 heterocycles. The molecule has 0 amide bonds. The molecule has 1 aliphatic rings. The molecule has 0 saturated heterocycles. The molecule has 0 bridgehead atoms. The molecule has 4 N–H and O–H groups in total. The first-order valence-electron chi connectivity index (χ1n) is 9.16. The third-order valence-corrected chi connectivity index (χ3v) is 5.36. The van der Waals surface area contributed by atoms with E-state index >= 15 is 0 Å². The van der Waals surface area contributed by atoms with E-state index in [2.05, 4.69) is 15.6 Å². The van der Waals surface area contributed by atoms with Crippen molar-refractivity contribution >= 4 is 29.2 Å². The molecule has 2 aromatic rings. The Bertz CT molecular complexity index is 925. The largest absolute Gasteiger partial charge is 0.481 e. The summed E-state index contributed by atoms with van der Waals surface area (Å²) in [5.74, 6) is -4.34. The number of pyridine rings is 1. The molecular formula is C20H21ClFN3O4. The smallest absolute Gasteiger partial charge is 0.307 e. The van der Waals surface area contributed by atoms with E-state index in [1.165, 1.54) is 6.07 Å². The first-order valence-corrected chi connectivity index (χ1v) is 9.54. The maximum atomic E-state index is 13.4. The van der Waals surface area contributed by atoms with Crippen LogP contribution in [0.1, 0.15) is 29.0 Å². The van der Waals surface area contributed by atoms with Crippen molar-refractivity contribution in [1.29, 1.82) is 0 Å². The molecule has 0 spiro atoms. The van der Waals surface area contributed by atoms with Gasteiger partial charge in [-0.2, -0.15) is 0 Å². The second-order valence-corrected chi connectivity index (χ2v) is 7.37. The molecule has 154 valence electrons. The minimum Gasteiger partial charge on any atom is -0.481 e. The van der Waals surface area contributed by atoms with Gasteiger partial charge in [-0.1, -0.05) is 17.7 Å². The molecular weight excluding hydrogens is 401 g/mol. The number of carboxylic acid groups (broad SMARTS) is 2. The predicted molar refractivity (Wildman–Crippen MR) is 106 cm³/mol. The Morgan fingerprint density at radius 2 is 2.14 bits per heavy atom. The predicted octanol–water partition coefficient (Wildman–Crippen LogP) is 2.89. The molecule has 9 heteroatoms. The summed E-state index contributed by atoms with van der Waals surface area (Å²) in [7, 11) is 0. The summed E-state index contributed by atoms with van der Waals surface area (Å²) in [6.45, 7) is 1.24. The zero-order chi connectivity index (χ0) is 21.0. The van der Waals surface area contributed by atoms with Crippen molar-refractivity contribution in [3.8, 4) is 0 Å². The maximum absolute atomic E-state index is 13.4. The molecule has 1 aromatic heterocycles. The summed E-state index contributed by atoms with van der Waals surface area (Å²) in [6, 6.07) is 4.81. The van der Waals surface area contributed by atoms with Crippen LogP contribution in [-0.4, -0.2) is 40.2 Å². The van der Waals surface area contributed by atoms with Gasteiger partial charge in [0.25, 0.3) is 0 Å². The van der Waals surface area contributed by atoms with Gasteiger partial charge in [0.2, 0.25) is 0 Å². The third-order valence-electron chi connectivity index (χ3n) is 5.04. The minimum absolute atomic E-state index is 0.288. The second-order valence-electron chi connectivity index (χ2n) is 6.96. The number of aromatic nitrogens is 1. The molecule has 2 unspecified atom stereocenters. The van der Waals surface area contributed by atoms with E-state index in [1.807, 2.05) is 0 Å². The lowest BCUT2D eigenvalue weighted by molar-refractivity contribution is -0.149. The molecule has 0 saturated carbocycles. The standard InChI is InChI=1S/C20H21ClFN3O4/c21-17-2-1-13-14(19(17)25-8-11-5-12(22)9-24-7-11)3-4-23-10-16(13)15(20(28)29)6-18(26)27/h1-2,5,7,9,15-16,23,25H,3-4,6,8,10H2,(H,26,27)(H,28,29). The highest BCUT2D eigenvalue weighted by atomic mass is 35.5. The fourth-order valence-electron chi connectivity index (χ4n) is 3.72. The Morgan fingerprint density at radius 1 is 1.34 bits per heavy atom. The Kier molecular flexibility index (Phi) is 6.66. The van der Waals surface area contributed by atoms with Crippen molar-refractivity contribution in [2.45, 2.75) is 25.3 Å². The van der Waals surface area contributed by atoms with Gasteiger partial charge in [0.15, 0.2) is 0 Å². The Labute approximate surface area is 171 Å². The third kappa shape index (κ3) is 5.02. The minimum atomic E-state index is -1.16. The number of benzene rings is 1. The topological polar surface area (TPSA) is 112 Å². The van der Waals surface area contributed by atoms with Crippen LogP contribution in [0.2, 0.25) is 5.02 Å². The van der Waals surface area contributed by atoms with Crippen LogP contribution in [0.25, 0.3) is 0 Å². The van der Waals surface area contributed by atoms with Gasteiger partial charge in [0.1, 0.15) is 5.82 Å². The molecule has 2 atom stereocenters. The second kappa shape index (κ2) is 9.19. The average Bonchev–Trinajstić information content (AvgIpc) is 2.87. The van der Waals surface area contributed by atoms with Crippen LogP contribution in [0.4, 0.5) is 10.1 Å². The van der Waals surface area contributed by atoms with Gasteiger partial charge in [-0.05, 0) is 41.8 Å². The Balaban J connectivity index is 1.96. The summed E-state index contributed by atoms with van der Waals surface area (Å²) >= 11 is 6.40. The van der Waals surface area contributed by atoms with Crippen LogP contribution in [0.5, 0.6) is 0 Å². The van der Waals surface area contributed by atoms with Crippen molar-refractivity contribution in [2.24, 2.45) is 5.92 Å². The van der Waals surface area contributed by atoms with E-state index < -0.39 is 36.0 Å².